The van der Waals surface area contributed by atoms with E-state index in [2.05, 4.69) is 0 Å². The maximum atomic E-state index is 14.1. The highest BCUT2D eigenvalue weighted by Gasteiger charge is 2.35. The third-order valence-corrected chi connectivity index (χ3v) is 4.24. The zero-order valence-electron chi connectivity index (χ0n) is 9.14. The van der Waals surface area contributed by atoms with Crippen molar-refractivity contribution in [1.82, 2.24) is 4.67 Å². The monoisotopic (exact) mass is 219 g/mol. The Morgan fingerprint density at radius 3 is 2.64 bits per heavy atom. The van der Waals surface area contributed by atoms with Gasteiger partial charge in [-0.25, -0.2) is 4.39 Å². The molecule has 0 radical (unpaired) electrons. The molecule has 0 aromatic carbocycles. The van der Waals surface area contributed by atoms with Crippen LogP contribution in [0.5, 0.6) is 0 Å². The van der Waals surface area contributed by atoms with Crippen molar-refractivity contribution in [3.05, 3.63) is 0 Å². The second-order valence-corrected chi connectivity index (χ2v) is 5.71. The van der Waals surface area contributed by atoms with Crippen LogP contribution in [0.15, 0.2) is 0 Å². The molecule has 0 saturated carbocycles. The van der Waals surface area contributed by atoms with Crippen molar-refractivity contribution in [2.24, 2.45) is 5.92 Å². The van der Waals surface area contributed by atoms with Gasteiger partial charge in [-0.3, -0.25) is 4.79 Å². The van der Waals surface area contributed by atoms with Gasteiger partial charge in [-0.15, -0.1) is 0 Å². The Balaban J connectivity index is 2.44. The molecule has 0 spiro atoms. The maximum Gasteiger partial charge on any atom is 0.222 e. The van der Waals surface area contributed by atoms with Crippen LogP contribution in [0.2, 0.25) is 0 Å². The van der Waals surface area contributed by atoms with E-state index in [0.29, 0.717) is 40.2 Å². The Bertz CT molecular complexity index is 212. The summed E-state index contributed by atoms with van der Waals surface area (Å²) in [6.07, 6.45) is 1.67. The fourth-order valence-corrected chi connectivity index (χ4v) is 3.18. The van der Waals surface area contributed by atoms with Crippen LogP contribution in [-0.4, -0.2) is 29.0 Å². The second kappa shape index (κ2) is 4.57. The largest absolute Gasteiger partial charge is 0.325 e. The van der Waals surface area contributed by atoms with Gasteiger partial charge < -0.3 is 4.67 Å². The summed E-state index contributed by atoms with van der Waals surface area (Å²) in [7, 11) is 0.333. The average Bonchev–Trinajstić information content (AvgIpc) is 2.02. The highest BCUT2D eigenvalue weighted by atomic mass is 31.1. The second-order valence-electron chi connectivity index (χ2n) is 4.50. The third kappa shape index (κ3) is 3.20. The van der Waals surface area contributed by atoms with E-state index in [4.69, 9.17) is 0 Å². The number of hydrogen-bond donors (Lipinski definition) is 0. The molecule has 1 saturated heterocycles. The maximum absolute atomic E-state index is 14.1. The summed E-state index contributed by atoms with van der Waals surface area (Å²) in [4.78, 5) is 11.0. The van der Waals surface area contributed by atoms with E-state index in [0.717, 1.165) is 0 Å². The molecule has 2 atom stereocenters. The van der Waals surface area contributed by atoms with Crippen LogP contribution in [0.3, 0.4) is 0 Å². The van der Waals surface area contributed by atoms with Gasteiger partial charge in [0, 0.05) is 19.6 Å². The van der Waals surface area contributed by atoms with Crippen LogP contribution in [0.1, 0.15) is 33.6 Å². The molecular weight excluding hydrogens is 200 g/mol. The van der Waals surface area contributed by atoms with Gasteiger partial charge in [0.2, 0.25) is 5.91 Å². The zero-order chi connectivity index (χ0) is 10.8. The predicted octanol–water partition coefficient (Wildman–Crippen LogP) is 2.59. The Hall–Kier alpha value is -0.170. The van der Waals surface area contributed by atoms with Crippen LogP contribution >= 0.6 is 8.73 Å². The van der Waals surface area contributed by atoms with Gasteiger partial charge in [0.15, 0.2) is 0 Å². The Kier molecular flexibility index (Phi) is 3.88. The lowest BCUT2D eigenvalue weighted by Gasteiger charge is -2.36. The van der Waals surface area contributed by atoms with Gasteiger partial charge in [0.1, 0.15) is 5.67 Å². The van der Waals surface area contributed by atoms with Crippen molar-refractivity contribution in [3.8, 4) is 0 Å². The zero-order valence-corrected chi connectivity index (χ0v) is 10.1. The van der Waals surface area contributed by atoms with Crippen LogP contribution < -0.4 is 0 Å². The summed E-state index contributed by atoms with van der Waals surface area (Å²) >= 11 is 0. The smallest absolute Gasteiger partial charge is 0.222 e. The first kappa shape index (κ1) is 11.9. The van der Waals surface area contributed by atoms with Crippen molar-refractivity contribution in [2.45, 2.75) is 39.3 Å². The lowest BCUT2D eigenvalue weighted by molar-refractivity contribution is -0.124. The van der Waals surface area contributed by atoms with E-state index in [1.54, 1.807) is 11.6 Å². The highest BCUT2D eigenvalue weighted by molar-refractivity contribution is 7.36. The molecule has 0 N–H and O–H groups in total. The summed E-state index contributed by atoms with van der Waals surface area (Å²) < 4.78 is 15.9. The van der Waals surface area contributed by atoms with E-state index in [-0.39, 0.29) is 5.91 Å². The molecule has 1 aliphatic rings. The molecule has 1 heterocycles. The number of halogens is 1. The quantitative estimate of drug-likeness (QED) is 0.654. The summed E-state index contributed by atoms with van der Waals surface area (Å²) in [5, 5.41) is 0. The number of carbonyl (C=O) groups is 1. The van der Waals surface area contributed by atoms with Gasteiger partial charge in [0.05, 0.1) is 0 Å². The van der Waals surface area contributed by atoms with Gasteiger partial charge >= 0.3 is 0 Å². The van der Waals surface area contributed by atoms with Gasteiger partial charge in [-0.2, -0.15) is 0 Å². The Morgan fingerprint density at radius 2 is 2.29 bits per heavy atom. The van der Waals surface area contributed by atoms with E-state index in [9.17, 15) is 9.18 Å². The number of rotatable bonds is 2. The van der Waals surface area contributed by atoms with Gasteiger partial charge in [0.25, 0.3) is 0 Å². The molecule has 2 nitrogen and oxygen atoms in total. The van der Waals surface area contributed by atoms with Crippen molar-refractivity contribution in [1.29, 1.82) is 0 Å². The van der Waals surface area contributed by atoms with Crippen molar-refractivity contribution in [3.63, 3.8) is 0 Å². The normalized spacial score (nSPS) is 29.9. The lowest BCUT2D eigenvalue weighted by Crippen LogP contribution is -2.39. The molecule has 0 aromatic rings. The molecule has 0 aliphatic carbocycles. The molecule has 0 aromatic heterocycles. The van der Waals surface area contributed by atoms with Crippen molar-refractivity contribution < 1.29 is 9.18 Å². The predicted molar refractivity (Wildman–Crippen MR) is 58.5 cm³/mol. The fraction of sp³-hybridized carbons (Fsp3) is 0.900. The van der Waals surface area contributed by atoms with Crippen LogP contribution in [0.25, 0.3) is 0 Å². The van der Waals surface area contributed by atoms with Crippen LogP contribution in [0.4, 0.5) is 4.39 Å². The molecule has 0 bridgehead atoms. The minimum absolute atomic E-state index is 0.0786. The standard InChI is InChI=1S/C10H19FNOP/c1-8(2)6-10(11)4-5-12(9(3)13)14-7-10/h8,14H,4-7H2,1-3H3. The number of alkyl halides is 1. The summed E-state index contributed by atoms with van der Waals surface area (Å²) in [5.74, 6) is 0.476. The van der Waals surface area contributed by atoms with Crippen molar-refractivity contribution >= 4 is 14.6 Å². The third-order valence-electron chi connectivity index (χ3n) is 2.52. The van der Waals surface area contributed by atoms with E-state index in [1.807, 2.05) is 13.8 Å². The topological polar surface area (TPSA) is 20.3 Å². The van der Waals surface area contributed by atoms with Crippen LogP contribution in [0, 0.1) is 5.92 Å². The first-order chi connectivity index (χ1) is 6.43. The molecule has 4 heteroatoms. The molecule has 1 amide bonds. The molecule has 14 heavy (non-hydrogen) atoms. The summed E-state index contributed by atoms with van der Waals surface area (Å²) in [6.45, 7) is 6.24. The molecular formula is C10H19FNOP. The SMILES string of the molecule is CC(=O)N1CCC(F)(CC(C)C)CP1. The molecule has 82 valence electrons. The summed E-state index contributed by atoms with van der Waals surface area (Å²) in [5.41, 5.74) is -1.02. The Morgan fingerprint density at radius 1 is 1.64 bits per heavy atom. The highest BCUT2D eigenvalue weighted by Crippen LogP contribution is 2.38. The minimum atomic E-state index is -1.02. The first-order valence-electron chi connectivity index (χ1n) is 5.13. The number of amides is 1. The van der Waals surface area contributed by atoms with E-state index < -0.39 is 5.67 Å². The van der Waals surface area contributed by atoms with Crippen molar-refractivity contribution in [2.75, 3.05) is 12.7 Å². The first-order valence-corrected chi connectivity index (χ1v) is 6.29. The van der Waals surface area contributed by atoms with Gasteiger partial charge in [-0.1, -0.05) is 13.8 Å². The number of nitrogens with zero attached hydrogens (tertiary/aromatic N) is 1. The summed E-state index contributed by atoms with van der Waals surface area (Å²) in [6, 6.07) is 0. The van der Waals surface area contributed by atoms with E-state index in [1.165, 1.54) is 0 Å². The lowest BCUT2D eigenvalue weighted by atomic mass is 9.92. The van der Waals surface area contributed by atoms with E-state index >= 15 is 0 Å². The average molecular weight is 219 g/mol. The number of carbonyl (C=O) groups excluding carboxylic acids is 1. The molecule has 1 rings (SSSR count). The molecule has 1 fully saturated rings. The fourth-order valence-electron chi connectivity index (χ4n) is 1.89. The number of hydrogen-bond acceptors (Lipinski definition) is 1. The van der Waals surface area contributed by atoms with Crippen LogP contribution in [-0.2, 0) is 4.79 Å². The molecule has 1 aliphatic heterocycles. The van der Waals surface area contributed by atoms with Gasteiger partial charge in [-0.05, 0) is 27.5 Å². The molecule has 2 unspecified atom stereocenters. The Labute approximate surface area is 87.1 Å². The minimum Gasteiger partial charge on any atom is -0.325 e.